The topological polar surface area (TPSA) is 86.3 Å². The second kappa shape index (κ2) is 10.1. The van der Waals surface area contributed by atoms with Crippen molar-refractivity contribution in [3.05, 3.63) is 48.0 Å². The monoisotopic (exact) mass is 436 g/mol. The molecule has 0 radical (unpaired) electrons. The molecule has 2 aromatic carbocycles. The first kappa shape index (κ1) is 22.4. The summed E-state index contributed by atoms with van der Waals surface area (Å²) in [4.78, 5) is 2.26. The number of nitrogens with zero attached hydrogens (tertiary/aromatic N) is 1. The third kappa shape index (κ3) is 5.23. The van der Waals surface area contributed by atoms with E-state index in [4.69, 9.17) is 18.9 Å². The number of hydrogen-bond donors (Lipinski definition) is 1. The Hall–Kier alpha value is -2.33. The fourth-order valence-electron chi connectivity index (χ4n) is 3.43. The van der Waals surface area contributed by atoms with E-state index in [1.165, 1.54) is 20.3 Å². The summed E-state index contributed by atoms with van der Waals surface area (Å²) >= 11 is 0. The van der Waals surface area contributed by atoms with Gasteiger partial charge in [-0.3, -0.25) is 4.90 Å². The van der Waals surface area contributed by atoms with E-state index in [9.17, 15) is 8.42 Å². The molecule has 164 valence electrons. The number of hydrogen-bond acceptors (Lipinski definition) is 7. The van der Waals surface area contributed by atoms with Crippen molar-refractivity contribution >= 4 is 10.0 Å². The van der Waals surface area contributed by atoms with Crippen molar-refractivity contribution < 1.29 is 27.4 Å². The maximum absolute atomic E-state index is 13.1. The third-order valence-electron chi connectivity index (χ3n) is 5.11. The van der Waals surface area contributed by atoms with Crippen LogP contribution in [-0.2, 0) is 14.8 Å². The fourth-order valence-corrected chi connectivity index (χ4v) is 4.65. The Balaban J connectivity index is 1.85. The van der Waals surface area contributed by atoms with Crippen LogP contribution >= 0.6 is 0 Å². The molecule has 2 aromatic rings. The lowest BCUT2D eigenvalue weighted by atomic mass is 10.0. The Morgan fingerprint density at radius 2 is 1.60 bits per heavy atom. The van der Waals surface area contributed by atoms with Crippen molar-refractivity contribution in [2.45, 2.75) is 10.9 Å². The minimum Gasteiger partial charge on any atom is -0.497 e. The molecule has 9 heteroatoms. The number of morpholine rings is 1. The number of sulfonamides is 1. The highest BCUT2D eigenvalue weighted by molar-refractivity contribution is 7.89. The zero-order chi connectivity index (χ0) is 21.6. The zero-order valence-electron chi connectivity index (χ0n) is 17.5. The summed E-state index contributed by atoms with van der Waals surface area (Å²) < 4.78 is 50.1. The van der Waals surface area contributed by atoms with Gasteiger partial charge in [0.15, 0.2) is 0 Å². The van der Waals surface area contributed by atoms with Crippen LogP contribution in [0.3, 0.4) is 0 Å². The van der Waals surface area contributed by atoms with E-state index in [0.29, 0.717) is 19.0 Å². The average Bonchev–Trinajstić information content (AvgIpc) is 2.79. The maximum Gasteiger partial charge on any atom is 0.244 e. The van der Waals surface area contributed by atoms with E-state index in [1.807, 2.05) is 24.3 Å². The summed E-state index contributed by atoms with van der Waals surface area (Å²) in [5.41, 5.74) is 0.998. The lowest BCUT2D eigenvalue weighted by molar-refractivity contribution is 0.0172. The van der Waals surface area contributed by atoms with Gasteiger partial charge < -0.3 is 18.9 Å². The van der Waals surface area contributed by atoms with Gasteiger partial charge in [-0.05, 0) is 29.8 Å². The summed E-state index contributed by atoms with van der Waals surface area (Å²) in [7, 11) is 0.716. The van der Waals surface area contributed by atoms with Crippen LogP contribution < -0.4 is 18.9 Å². The van der Waals surface area contributed by atoms with Crippen molar-refractivity contribution in [2.24, 2.45) is 0 Å². The van der Waals surface area contributed by atoms with E-state index in [1.54, 1.807) is 19.2 Å². The highest BCUT2D eigenvalue weighted by Gasteiger charge is 2.27. The van der Waals surface area contributed by atoms with Crippen molar-refractivity contribution in [1.82, 2.24) is 9.62 Å². The van der Waals surface area contributed by atoms with Gasteiger partial charge in [0.1, 0.15) is 22.1 Å². The fraction of sp³-hybridized carbons (Fsp3) is 0.429. The maximum atomic E-state index is 13.1. The summed E-state index contributed by atoms with van der Waals surface area (Å²) in [6.45, 7) is 2.88. The summed E-state index contributed by atoms with van der Waals surface area (Å²) in [5, 5.41) is 0. The number of benzene rings is 2. The molecule has 30 heavy (non-hydrogen) atoms. The molecular weight excluding hydrogens is 408 g/mol. The van der Waals surface area contributed by atoms with Crippen LogP contribution in [0.1, 0.15) is 11.6 Å². The summed E-state index contributed by atoms with van der Waals surface area (Å²) in [6.07, 6.45) is 0. The Labute approximate surface area is 177 Å². The van der Waals surface area contributed by atoms with Gasteiger partial charge in [0.05, 0.1) is 34.5 Å². The molecule has 3 rings (SSSR count). The van der Waals surface area contributed by atoms with Crippen LogP contribution in [0.2, 0.25) is 0 Å². The normalized spacial score (nSPS) is 16.1. The number of rotatable bonds is 9. The quantitative estimate of drug-likeness (QED) is 0.644. The van der Waals surface area contributed by atoms with Crippen molar-refractivity contribution in [1.29, 1.82) is 0 Å². The minimum atomic E-state index is -3.83. The molecule has 0 aliphatic carbocycles. The second-order valence-electron chi connectivity index (χ2n) is 6.81. The second-order valence-corrected chi connectivity index (χ2v) is 8.54. The average molecular weight is 437 g/mol. The third-order valence-corrected chi connectivity index (χ3v) is 6.56. The Morgan fingerprint density at radius 3 is 2.20 bits per heavy atom. The van der Waals surface area contributed by atoms with Crippen molar-refractivity contribution in [3.63, 3.8) is 0 Å². The van der Waals surface area contributed by atoms with Gasteiger partial charge in [0, 0.05) is 31.7 Å². The number of ether oxygens (including phenoxy) is 4. The molecule has 1 heterocycles. The van der Waals surface area contributed by atoms with Gasteiger partial charge in [-0.2, -0.15) is 0 Å². The lowest BCUT2D eigenvalue weighted by Gasteiger charge is -2.35. The van der Waals surface area contributed by atoms with Crippen LogP contribution in [0.5, 0.6) is 17.2 Å². The zero-order valence-corrected chi connectivity index (χ0v) is 18.3. The van der Waals surface area contributed by atoms with Gasteiger partial charge in [0.2, 0.25) is 10.0 Å². The molecule has 1 atom stereocenters. The molecule has 0 spiro atoms. The van der Waals surface area contributed by atoms with Crippen LogP contribution in [0.4, 0.5) is 0 Å². The van der Waals surface area contributed by atoms with Gasteiger partial charge in [-0.25, -0.2) is 13.1 Å². The first-order valence-corrected chi connectivity index (χ1v) is 11.1. The van der Waals surface area contributed by atoms with Crippen LogP contribution in [0.15, 0.2) is 47.4 Å². The predicted molar refractivity (Wildman–Crippen MR) is 113 cm³/mol. The van der Waals surface area contributed by atoms with Crippen LogP contribution in [0.25, 0.3) is 0 Å². The van der Waals surface area contributed by atoms with Crippen LogP contribution in [0, 0.1) is 0 Å². The molecule has 1 aliphatic heterocycles. The highest BCUT2D eigenvalue weighted by atomic mass is 32.2. The van der Waals surface area contributed by atoms with E-state index in [-0.39, 0.29) is 23.2 Å². The summed E-state index contributed by atoms with van der Waals surface area (Å²) in [6, 6.07) is 12.2. The molecule has 1 N–H and O–H groups in total. The first-order chi connectivity index (χ1) is 14.5. The molecule has 0 aromatic heterocycles. The molecule has 1 fully saturated rings. The Bertz CT molecular complexity index is 927. The number of methoxy groups -OCH3 is 3. The molecule has 1 unspecified atom stereocenters. The Kier molecular flexibility index (Phi) is 7.54. The minimum absolute atomic E-state index is 0.0415. The SMILES string of the molecule is COc1ccc(C(CNS(=O)(=O)c2cc(OC)ccc2OC)N2CCOCC2)cc1. The highest BCUT2D eigenvalue weighted by Crippen LogP contribution is 2.29. The Morgan fingerprint density at radius 1 is 0.967 bits per heavy atom. The first-order valence-electron chi connectivity index (χ1n) is 9.66. The molecule has 1 aliphatic rings. The van der Waals surface area contributed by atoms with Crippen molar-refractivity contribution in [2.75, 3.05) is 54.2 Å². The van der Waals surface area contributed by atoms with Crippen molar-refractivity contribution in [3.8, 4) is 17.2 Å². The molecule has 1 saturated heterocycles. The van der Waals surface area contributed by atoms with Gasteiger partial charge in [-0.15, -0.1) is 0 Å². The van der Waals surface area contributed by atoms with E-state index in [2.05, 4.69) is 9.62 Å². The van der Waals surface area contributed by atoms with E-state index >= 15 is 0 Å². The predicted octanol–water partition coefficient (Wildman–Crippen LogP) is 2.06. The van der Waals surface area contributed by atoms with Gasteiger partial charge in [-0.1, -0.05) is 12.1 Å². The molecule has 0 amide bonds. The standard InChI is InChI=1S/C21H28N2O6S/c1-26-17-6-4-16(5-7-17)19(23-10-12-29-13-11-23)15-22-30(24,25)21-14-18(27-2)8-9-20(21)28-3/h4-9,14,19,22H,10-13,15H2,1-3H3. The smallest absolute Gasteiger partial charge is 0.244 e. The van der Waals surface area contributed by atoms with E-state index < -0.39 is 10.0 Å². The number of nitrogens with one attached hydrogen (secondary N) is 1. The molecule has 8 nitrogen and oxygen atoms in total. The lowest BCUT2D eigenvalue weighted by Crippen LogP contribution is -2.43. The molecule has 0 saturated carbocycles. The summed E-state index contributed by atoms with van der Waals surface area (Å²) in [5.74, 6) is 1.45. The van der Waals surface area contributed by atoms with E-state index in [0.717, 1.165) is 24.4 Å². The largest absolute Gasteiger partial charge is 0.497 e. The molecule has 0 bridgehead atoms. The van der Waals surface area contributed by atoms with Crippen LogP contribution in [-0.4, -0.2) is 67.5 Å². The molecular formula is C21H28N2O6S. The van der Waals surface area contributed by atoms with Gasteiger partial charge in [0.25, 0.3) is 0 Å². The van der Waals surface area contributed by atoms with Gasteiger partial charge >= 0.3 is 0 Å².